The van der Waals surface area contributed by atoms with E-state index in [1.165, 1.54) is 7.11 Å². The Balaban J connectivity index is 2.47. The van der Waals surface area contributed by atoms with E-state index < -0.39 is 0 Å². The highest BCUT2D eigenvalue weighted by molar-refractivity contribution is 5.81. The highest BCUT2D eigenvalue weighted by Gasteiger charge is 2.01. The van der Waals surface area contributed by atoms with Crippen LogP contribution in [0.2, 0.25) is 0 Å². The SMILES string of the molecule is COCC(=O)Cc1ccncc1. The lowest BCUT2D eigenvalue weighted by molar-refractivity contribution is -0.121. The van der Waals surface area contributed by atoms with Gasteiger partial charge in [-0.1, -0.05) is 0 Å². The molecule has 0 aliphatic heterocycles. The molecule has 64 valence electrons. The number of carbonyl (C=O) groups is 1. The highest BCUT2D eigenvalue weighted by atomic mass is 16.5. The zero-order valence-electron chi connectivity index (χ0n) is 6.99. The molecular weight excluding hydrogens is 154 g/mol. The number of Topliss-reactive ketones (excluding diaryl/α,β-unsaturated/α-hetero) is 1. The van der Waals surface area contributed by atoms with Gasteiger partial charge in [0.1, 0.15) is 6.61 Å². The summed E-state index contributed by atoms with van der Waals surface area (Å²) in [6.07, 6.45) is 3.78. The number of hydrogen-bond acceptors (Lipinski definition) is 3. The van der Waals surface area contributed by atoms with Crippen molar-refractivity contribution in [3.63, 3.8) is 0 Å². The lowest BCUT2D eigenvalue weighted by atomic mass is 10.1. The molecule has 1 aromatic rings. The third-order valence-electron chi connectivity index (χ3n) is 1.46. The number of methoxy groups -OCH3 is 1. The van der Waals surface area contributed by atoms with E-state index in [4.69, 9.17) is 4.74 Å². The molecule has 0 aliphatic carbocycles. The zero-order chi connectivity index (χ0) is 8.81. The van der Waals surface area contributed by atoms with Gasteiger partial charge in [0.05, 0.1) is 0 Å². The van der Waals surface area contributed by atoms with Crippen molar-refractivity contribution < 1.29 is 9.53 Å². The Morgan fingerprint density at radius 1 is 1.50 bits per heavy atom. The third kappa shape index (κ3) is 2.80. The van der Waals surface area contributed by atoms with Crippen LogP contribution in [0.3, 0.4) is 0 Å². The summed E-state index contributed by atoms with van der Waals surface area (Å²) in [5.74, 6) is 0.0868. The van der Waals surface area contributed by atoms with E-state index in [-0.39, 0.29) is 12.4 Å². The molecule has 0 spiro atoms. The molecule has 0 radical (unpaired) electrons. The molecule has 0 N–H and O–H groups in total. The summed E-state index contributed by atoms with van der Waals surface area (Å²) in [6.45, 7) is 0.183. The second-order valence-corrected chi connectivity index (χ2v) is 2.50. The van der Waals surface area contributed by atoms with Crippen LogP contribution >= 0.6 is 0 Å². The van der Waals surface area contributed by atoms with Gasteiger partial charge in [-0.05, 0) is 17.7 Å². The topological polar surface area (TPSA) is 39.2 Å². The predicted octanol–water partition coefficient (Wildman–Crippen LogP) is 0.840. The zero-order valence-corrected chi connectivity index (χ0v) is 6.99. The lowest BCUT2D eigenvalue weighted by Crippen LogP contribution is -2.09. The van der Waals surface area contributed by atoms with Gasteiger partial charge < -0.3 is 4.74 Å². The number of rotatable bonds is 4. The standard InChI is InChI=1S/C9H11NO2/c1-12-7-9(11)6-8-2-4-10-5-3-8/h2-5H,6-7H2,1H3. The van der Waals surface area contributed by atoms with E-state index in [0.717, 1.165) is 5.56 Å². The first-order valence-corrected chi connectivity index (χ1v) is 3.72. The maximum atomic E-state index is 11.1. The minimum atomic E-state index is 0.0868. The summed E-state index contributed by atoms with van der Waals surface area (Å²) >= 11 is 0. The highest BCUT2D eigenvalue weighted by Crippen LogP contribution is 1.97. The Bertz CT molecular complexity index is 246. The molecule has 0 unspecified atom stereocenters. The van der Waals surface area contributed by atoms with Crippen molar-refractivity contribution >= 4 is 5.78 Å². The lowest BCUT2D eigenvalue weighted by Gasteiger charge is -1.98. The van der Waals surface area contributed by atoms with E-state index in [0.29, 0.717) is 6.42 Å². The average molecular weight is 165 g/mol. The van der Waals surface area contributed by atoms with Gasteiger partial charge in [-0.2, -0.15) is 0 Å². The predicted molar refractivity (Wildman–Crippen MR) is 44.8 cm³/mol. The van der Waals surface area contributed by atoms with Gasteiger partial charge in [-0.25, -0.2) is 0 Å². The molecule has 0 saturated heterocycles. The average Bonchev–Trinajstić information content (AvgIpc) is 2.06. The molecule has 3 nitrogen and oxygen atoms in total. The molecule has 0 atom stereocenters. The Kier molecular flexibility index (Phi) is 3.41. The minimum absolute atomic E-state index is 0.0868. The van der Waals surface area contributed by atoms with Gasteiger partial charge in [0, 0.05) is 25.9 Å². The second kappa shape index (κ2) is 4.62. The summed E-state index contributed by atoms with van der Waals surface area (Å²) in [7, 11) is 1.52. The van der Waals surface area contributed by atoms with Crippen molar-refractivity contribution in [2.24, 2.45) is 0 Å². The molecule has 12 heavy (non-hydrogen) atoms. The summed E-state index contributed by atoms with van der Waals surface area (Å²) < 4.78 is 4.71. The maximum Gasteiger partial charge on any atom is 0.162 e. The molecule has 1 rings (SSSR count). The molecule has 0 aromatic carbocycles. The van der Waals surface area contributed by atoms with Gasteiger partial charge in [-0.15, -0.1) is 0 Å². The van der Waals surface area contributed by atoms with Gasteiger partial charge in [0.2, 0.25) is 0 Å². The number of hydrogen-bond donors (Lipinski definition) is 0. The van der Waals surface area contributed by atoms with E-state index in [1.807, 2.05) is 12.1 Å². The Hall–Kier alpha value is -1.22. The molecule has 0 amide bonds. The van der Waals surface area contributed by atoms with Crippen LogP contribution in [0.1, 0.15) is 5.56 Å². The molecule has 3 heteroatoms. The van der Waals surface area contributed by atoms with Gasteiger partial charge in [0.25, 0.3) is 0 Å². The first-order valence-electron chi connectivity index (χ1n) is 3.72. The number of ketones is 1. The summed E-state index contributed by atoms with van der Waals surface area (Å²) in [5.41, 5.74) is 0.979. The monoisotopic (exact) mass is 165 g/mol. The fourth-order valence-electron chi connectivity index (χ4n) is 0.940. The fourth-order valence-corrected chi connectivity index (χ4v) is 0.940. The van der Waals surface area contributed by atoms with Crippen LogP contribution in [0.15, 0.2) is 24.5 Å². The normalized spacial score (nSPS) is 9.75. The number of pyridine rings is 1. The Morgan fingerprint density at radius 3 is 2.75 bits per heavy atom. The fraction of sp³-hybridized carbons (Fsp3) is 0.333. The number of aromatic nitrogens is 1. The van der Waals surface area contributed by atoms with E-state index >= 15 is 0 Å². The molecule has 0 bridgehead atoms. The molecule has 1 heterocycles. The summed E-state index contributed by atoms with van der Waals surface area (Å²) in [6, 6.07) is 3.65. The smallest absolute Gasteiger partial charge is 0.162 e. The summed E-state index contributed by atoms with van der Waals surface area (Å²) in [4.78, 5) is 14.9. The number of nitrogens with zero attached hydrogens (tertiary/aromatic N) is 1. The molecule has 0 saturated carbocycles. The van der Waals surface area contributed by atoms with Crippen LogP contribution in [0.4, 0.5) is 0 Å². The van der Waals surface area contributed by atoms with Crippen LogP contribution in [-0.2, 0) is 16.0 Å². The van der Waals surface area contributed by atoms with Crippen LogP contribution in [0.5, 0.6) is 0 Å². The molecular formula is C9H11NO2. The third-order valence-corrected chi connectivity index (χ3v) is 1.46. The van der Waals surface area contributed by atoms with Crippen molar-refractivity contribution in [3.8, 4) is 0 Å². The minimum Gasteiger partial charge on any atom is -0.377 e. The van der Waals surface area contributed by atoms with Crippen molar-refractivity contribution in [1.29, 1.82) is 0 Å². The number of carbonyl (C=O) groups excluding carboxylic acids is 1. The van der Waals surface area contributed by atoms with Crippen molar-refractivity contribution in [3.05, 3.63) is 30.1 Å². The largest absolute Gasteiger partial charge is 0.377 e. The number of ether oxygens (including phenoxy) is 1. The first-order chi connectivity index (χ1) is 5.83. The molecule has 1 aromatic heterocycles. The quantitative estimate of drug-likeness (QED) is 0.663. The van der Waals surface area contributed by atoms with Crippen molar-refractivity contribution in [2.75, 3.05) is 13.7 Å². The van der Waals surface area contributed by atoms with Crippen molar-refractivity contribution in [2.45, 2.75) is 6.42 Å². The Morgan fingerprint density at radius 2 is 2.17 bits per heavy atom. The Labute approximate surface area is 71.4 Å². The van der Waals surface area contributed by atoms with Crippen LogP contribution in [0.25, 0.3) is 0 Å². The second-order valence-electron chi connectivity index (χ2n) is 2.50. The molecule has 0 fully saturated rings. The van der Waals surface area contributed by atoms with Crippen LogP contribution < -0.4 is 0 Å². The van der Waals surface area contributed by atoms with Gasteiger partial charge in [-0.3, -0.25) is 9.78 Å². The van der Waals surface area contributed by atoms with E-state index in [9.17, 15) is 4.79 Å². The first kappa shape index (κ1) is 8.87. The van der Waals surface area contributed by atoms with Gasteiger partial charge >= 0.3 is 0 Å². The van der Waals surface area contributed by atoms with Crippen LogP contribution in [0, 0.1) is 0 Å². The van der Waals surface area contributed by atoms with Crippen molar-refractivity contribution in [1.82, 2.24) is 4.98 Å². The molecule has 0 aliphatic rings. The maximum absolute atomic E-state index is 11.1. The van der Waals surface area contributed by atoms with Gasteiger partial charge in [0.15, 0.2) is 5.78 Å². The van der Waals surface area contributed by atoms with Crippen LogP contribution in [-0.4, -0.2) is 24.5 Å². The van der Waals surface area contributed by atoms with E-state index in [1.54, 1.807) is 12.4 Å². The van der Waals surface area contributed by atoms with E-state index in [2.05, 4.69) is 4.98 Å². The summed E-state index contributed by atoms with van der Waals surface area (Å²) in [5, 5.41) is 0.